The van der Waals surface area contributed by atoms with Crippen LogP contribution in [-0.2, 0) is 4.74 Å². The number of aromatic hydroxyl groups is 1. The predicted octanol–water partition coefficient (Wildman–Crippen LogP) is 6.26. The van der Waals surface area contributed by atoms with E-state index in [1.165, 1.54) is 28.1 Å². The van der Waals surface area contributed by atoms with E-state index in [0.29, 0.717) is 5.56 Å². The van der Waals surface area contributed by atoms with Crippen LogP contribution in [0.2, 0.25) is 0 Å². The topological polar surface area (TPSA) is 60.7 Å². The third-order valence-corrected chi connectivity index (χ3v) is 7.38. The van der Waals surface area contributed by atoms with E-state index >= 15 is 0 Å². The van der Waals surface area contributed by atoms with Gasteiger partial charge in [-0.1, -0.05) is 42.5 Å². The second kappa shape index (κ2) is 12.1. The molecule has 0 amide bonds. The van der Waals surface area contributed by atoms with Crippen LogP contribution in [-0.4, -0.2) is 61.8 Å². The Morgan fingerprint density at radius 1 is 0.895 bits per heavy atom. The van der Waals surface area contributed by atoms with Gasteiger partial charge in [-0.3, -0.25) is 0 Å². The molecule has 6 nitrogen and oxygen atoms in total. The fourth-order valence-electron chi connectivity index (χ4n) is 5.36. The van der Waals surface area contributed by atoms with Gasteiger partial charge in [-0.2, -0.15) is 10.2 Å². The molecular weight excluding hydrogens is 472 g/mol. The van der Waals surface area contributed by atoms with Gasteiger partial charge in [0.25, 0.3) is 0 Å². The summed E-state index contributed by atoms with van der Waals surface area (Å²) in [5, 5.41) is 21.2. The van der Waals surface area contributed by atoms with Crippen LogP contribution in [0.25, 0.3) is 16.8 Å². The van der Waals surface area contributed by atoms with Crippen LogP contribution >= 0.6 is 0 Å². The Labute approximate surface area is 225 Å². The summed E-state index contributed by atoms with van der Waals surface area (Å²) in [4.78, 5) is 4.78. The second-order valence-corrected chi connectivity index (χ2v) is 9.62. The first kappa shape index (κ1) is 25.7. The maximum Gasteiger partial charge on any atom is 0.125 e. The number of fused-ring (bicyclic) bond motifs is 1. The molecule has 6 heteroatoms. The van der Waals surface area contributed by atoms with Crippen molar-refractivity contribution in [3.63, 3.8) is 0 Å². The van der Waals surface area contributed by atoms with Gasteiger partial charge in [0.2, 0.25) is 0 Å². The van der Waals surface area contributed by atoms with E-state index in [9.17, 15) is 5.11 Å². The molecule has 0 radical (unpaired) electrons. The van der Waals surface area contributed by atoms with Crippen molar-refractivity contribution in [2.75, 3.05) is 44.3 Å². The number of morpholine rings is 1. The quantitative estimate of drug-likeness (QED) is 0.288. The number of nitrogens with zero attached hydrogens (tertiary/aromatic N) is 4. The molecule has 2 aliphatic rings. The summed E-state index contributed by atoms with van der Waals surface area (Å²) >= 11 is 0. The Bertz CT molecular complexity index is 1380. The molecule has 5 rings (SSSR count). The van der Waals surface area contributed by atoms with Crippen LogP contribution in [0.15, 0.2) is 87.7 Å². The number of allylic oxidation sites excluding steroid dienone is 2. The van der Waals surface area contributed by atoms with Gasteiger partial charge < -0.3 is 19.6 Å². The number of hydrogen-bond donors (Lipinski definition) is 1. The number of ether oxygens (including phenoxy) is 1. The molecule has 1 fully saturated rings. The van der Waals surface area contributed by atoms with E-state index in [1.807, 2.05) is 36.5 Å². The summed E-state index contributed by atoms with van der Waals surface area (Å²) in [5.41, 5.74) is 6.94. The van der Waals surface area contributed by atoms with E-state index in [-0.39, 0.29) is 5.75 Å². The average Bonchev–Trinajstić information content (AvgIpc) is 3.36. The SMILES string of the molecule is CCN(CC)c1ccc(/C=C2\CCC(/C=N\N=C/c3c(O)ccc4ccccc34)=C2N2CCOCC2)cc1. The van der Waals surface area contributed by atoms with Crippen molar-refractivity contribution in [3.8, 4) is 5.75 Å². The number of benzene rings is 3. The fraction of sp³-hybridized carbons (Fsp3) is 0.312. The van der Waals surface area contributed by atoms with Crippen molar-refractivity contribution >= 4 is 35.0 Å². The third-order valence-electron chi connectivity index (χ3n) is 7.38. The van der Waals surface area contributed by atoms with Gasteiger partial charge in [0.1, 0.15) is 5.75 Å². The number of anilines is 1. The highest BCUT2D eigenvalue weighted by Crippen LogP contribution is 2.35. The lowest BCUT2D eigenvalue weighted by Crippen LogP contribution is -2.36. The lowest BCUT2D eigenvalue weighted by molar-refractivity contribution is 0.0548. The summed E-state index contributed by atoms with van der Waals surface area (Å²) in [6, 6.07) is 20.4. The molecule has 0 spiro atoms. The van der Waals surface area contributed by atoms with Crippen LogP contribution < -0.4 is 4.90 Å². The molecule has 0 atom stereocenters. The van der Waals surface area contributed by atoms with Gasteiger partial charge in [-0.05, 0) is 78.4 Å². The predicted molar refractivity (Wildman–Crippen MR) is 158 cm³/mol. The van der Waals surface area contributed by atoms with Crippen molar-refractivity contribution in [2.24, 2.45) is 10.2 Å². The van der Waals surface area contributed by atoms with Crippen molar-refractivity contribution in [1.29, 1.82) is 0 Å². The number of hydrogen-bond acceptors (Lipinski definition) is 6. The van der Waals surface area contributed by atoms with E-state index < -0.39 is 0 Å². The average molecular weight is 509 g/mol. The summed E-state index contributed by atoms with van der Waals surface area (Å²) in [6.45, 7) is 9.61. The van der Waals surface area contributed by atoms with Gasteiger partial charge in [0.05, 0.1) is 25.6 Å². The number of phenols is 1. The molecule has 0 bridgehead atoms. The molecule has 3 aromatic rings. The Kier molecular flexibility index (Phi) is 8.19. The van der Waals surface area contributed by atoms with Crippen LogP contribution in [0.3, 0.4) is 0 Å². The third kappa shape index (κ3) is 5.65. The van der Waals surface area contributed by atoms with Crippen molar-refractivity contribution in [1.82, 2.24) is 4.90 Å². The molecule has 38 heavy (non-hydrogen) atoms. The van der Waals surface area contributed by atoms with Gasteiger partial charge >= 0.3 is 0 Å². The van der Waals surface area contributed by atoms with Gasteiger partial charge in [-0.25, -0.2) is 0 Å². The zero-order chi connectivity index (χ0) is 26.3. The van der Waals surface area contributed by atoms with Gasteiger partial charge in [0.15, 0.2) is 0 Å². The summed E-state index contributed by atoms with van der Waals surface area (Å²) in [5.74, 6) is 0.203. The molecule has 0 aromatic heterocycles. The summed E-state index contributed by atoms with van der Waals surface area (Å²) < 4.78 is 5.63. The Hall–Kier alpha value is -3.90. The van der Waals surface area contributed by atoms with E-state index in [4.69, 9.17) is 4.74 Å². The maximum absolute atomic E-state index is 10.4. The minimum absolute atomic E-state index is 0.203. The van der Waals surface area contributed by atoms with E-state index in [0.717, 1.165) is 63.0 Å². The Balaban J connectivity index is 1.42. The molecule has 1 saturated heterocycles. The minimum atomic E-state index is 0.203. The summed E-state index contributed by atoms with van der Waals surface area (Å²) in [6.07, 6.45) is 7.74. The van der Waals surface area contributed by atoms with Crippen molar-refractivity contribution < 1.29 is 9.84 Å². The van der Waals surface area contributed by atoms with E-state index in [1.54, 1.807) is 12.3 Å². The normalized spacial score (nSPS) is 17.5. The molecule has 196 valence electrons. The Morgan fingerprint density at radius 3 is 2.39 bits per heavy atom. The zero-order valence-corrected chi connectivity index (χ0v) is 22.3. The monoisotopic (exact) mass is 508 g/mol. The second-order valence-electron chi connectivity index (χ2n) is 9.62. The highest BCUT2D eigenvalue weighted by Gasteiger charge is 2.25. The van der Waals surface area contributed by atoms with E-state index in [2.05, 4.69) is 64.2 Å². The Morgan fingerprint density at radius 2 is 1.63 bits per heavy atom. The molecule has 1 heterocycles. The first-order chi connectivity index (χ1) is 18.7. The number of phenolic OH excluding ortho intramolecular Hbond substituents is 1. The lowest BCUT2D eigenvalue weighted by atomic mass is 10.0. The molecule has 0 saturated carbocycles. The van der Waals surface area contributed by atoms with Crippen LogP contribution in [0, 0.1) is 0 Å². The molecule has 3 aromatic carbocycles. The molecule has 0 unspecified atom stereocenters. The van der Waals surface area contributed by atoms with Crippen LogP contribution in [0.1, 0.15) is 37.8 Å². The van der Waals surface area contributed by atoms with Crippen molar-refractivity contribution in [2.45, 2.75) is 26.7 Å². The summed E-state index contributed by atoms with van der Waals surface area (Å²) in [7, 11) is 0. The van der Waals surface area contributed by atoms with Gasteiger partial charge in [-0.15, -0.1) is 0 Å². The minimum Gasteiger partial charge on any atom is -0.507 e. The highest BCUT2D eigenvalue weighted by molar-refractivity contribution is 6.02. The first-order valence-electron chi connectivity index (χ1n) is 13.6. The maximum atomic E-state index is 10.4. The molecular formula is C32H36N4O2. The largest absolute Gasteiger partial charge is 0.507 e. The lowest BCUT2D eigenvalue weighted by Gasteiger charge is -2.31. The molecule has 1 aliphatic heterocycles. The number of rotatable bonds is 8. The van der Waals surface area contributed by atoms with Gasteiger partial charge in [0, 0.05) is 43.1 Å². The first-order valence-corrected chi connectivity index (χ1v) is 13.6. The molecule has 1 N–H and O–H groups in total. The fourth-order valence-corrected chi connectivity index (χ4v) is 5.36. The molecule has 1 aliphatic carbocycles. The van der Waals surface area contributed by atoms with Crippen LogP contribution in [0.4, 0.5) is 5.69 Å². The van der Waals surface area contributed by atoms with Crippen LogP contribution in [0.5, 0.6) is 5.75 Å². The smallest absolute Gasteiger partial charge is 0.125 e. The van der Waals surface area contributed by atoms with Crippen molar-refractivity contribution in [3.05, 3.63) is 88.6 Å². The zero-order valence-electron chi connectivity index (χ0n) is 22.3. The standard InChI is InChI=1S/C32H36N4O2/c1-3-35(4-2)28-14-9-24(10-15-28)21-26-11-12-27(32(26)36-17-19-38-20-18-36)22-33-34-23-30-29-8-6-5-7-25(29)13-16-31(30)37/h5-10,13-16,21-23,37H,3-4,11-12,17-20H2,1-2H3/b26-21+,33-22-,34-23-. The highest BCUT2D eigenvalue weighted by atomic mass is 16.5.